The van der Waals surface area contributed by atoms with Crippen molar-refractivity contribution in [3.8, 4) is 0 Å². The molecular formula is C17H22N2. The van der Waals surface area contributed by atoms with E-state index in [1.165, 1.54) is 27.5 Å². The van der Waals surface area contributed by atoms with Gasteiger partial charge in [-0.3, -0.25) is 4.99 Å². The van der Waals surface area contributed by atoms with E-state index >= 15 is 0 Å². The van der Waals surface area contributed by atoms with Crippen molar-refractivity contribution in [2.24, 2.45) is 4.99 Å². The van der Waals surface area contributed by atoms with Gasteiger partial charge < -0.3 is 4.90 Å². The van der Waals surface area contributed by atoms with Crippen molar-refractivity contribution in [3.63, 3.8) is 0 Å². The van der Waals surface area contributed by atoms with Crippen LogP contribution in [-0.4, -0.2) is 32.3 Å². The molecule has 0 saturated heterocycles. The average molecular weight is 254 g/mol. The van der Waals surface area contributed by atoms with Crippen LogP contribution in [0.2, 0.25) is 0 Å². The van der Waals surface area contributed by atoms with Crippen LogP contribution in [-0.2, 0) is 13.0 Å². The third-order valence-electron chi connectivity index (χ3n) is 3.30. The van der Waals surface area contributed by atoms with Gasteiger partial charge in [-0.25, -0.2) is 0 Å². The minimum absolute atomic E-state index is 0.953. The Balaban J connectivity index is 2.63. The number of nitrogens with zero attached hydrogens (tertiary/aromatic N) is 2. The van der Waals surface area contributed by atoms with Gasteiger partial charge in [-0.15, -0.1) is 0 Å². The highest BCUT2D eigenvalue weighted by Gasteiger charge is 2.05. The Morgan fingerprint density at radius 2 is 1.95 bits per heavy atom. The zero-order valence-corrected chi connectivity index (χ0v) is 12.3. The van der Waals surface area contributed by atoms with Crippen LogP contribution in [0.4, 0.5) is 0 Å². The van der Waals surface area contributed by atoms with E-state index in [2.05, 4.69) is 61.2 Å². The number of fused-ring (bicyclic) bond motifs is 1. The molecule has 0 amide bonds. The lowest BCUT2D eigenvalue weighted by Crippen LogP contribution is -2.11. The summed E-state index contributed by atoms with van der Waals surface area (Å²) < 4.78 is 0. The van der Waals surface area contributed by atoms with Crippen LogP contribution >= 0.6 is 0 Å². The quantitative estimate of drug-likeness (QED) is 0.762. The van der Waals surface area contributed by atoms with Crippen molar-refractivity contribution >= 4 is 17.0 Å². The monoisotopic (exact) mass is 254 g/mol. The van der Waals surface area contributed by atoms with Gasteiger partial charge in [0.1, 0.15) is 0 Å². The molecule has 0 atom stereocenters. The molecule has 0 aliphatic heterocycles. The Kier molecular flexibility index (Phi) is 4.33. The molecule has 2 nitrogen and oxygen atoms in total. The molecule has 0 aliphatic rings. The summed E-state index contributed by atoms with van der Waals surface area (Å²) in [6, 6.07) is 11.2. The van der Waals surface area contributed by atoms with Gasteiger partial charge in [0.05, 0.1) is 0 Å². The molecular weight excluding hydrogens is 232 g/mol. The first kappa shape index (κ1) is 13.8. The molecule has 0 aliphatic carbocycles. The minimum Gasteiger partial charge on any atom is -0.305 e. The molecule has 2 heteroatoms. The summed E-state index contributed by atoms with van der Waals surface area (Å²) in [5.41, 5.74) is 3.94. The first-order valence-electron chi connectivity index (χ1n) is 6.76. The SMILES string of the molecule is CCc1ccc2cc(/C=N/C)cc(CN(C)C)c2c1. The van der Waals surface area contributed by atoms with E-state index in [-0.39, 0.29) is 0 Å². The van der Waals surface area contributed by atoms with Crippen molar-refractivity contribution < 1.29 is 0 Å². The van der Waals surface area contributed by atoms with E-state index < -0.39 is 0 Å². The molecule has 0 N–H and O–H groups in total. The van der Waals surface area contributed by atoms with Gasteiger partial charge >= 0.3 is 0 Å². The molecule has 0 spiro atoms. The summed E-state index contributed by atoms with van der Waals surface area (Å²) in [7, 11) is 6.03. The average Bonchev–Trinajstić information content (AvgIpc) is 2.38. The maximum absolute atomic E-state index is 4.13. The number of rotatable bonds is 4. The van der Waals surface area contributed by atoms with Gasteiger partial charge in [-0.05, 0) is 60.1 Å². The van der Waals surface area contributed by atoms with Crippen LogP contribution in [0.15, 0.2) is 35.3 Å². The molecule has 19 heavy (non-hydrogen) atoms. The van der Waals surface area contributed by atoms with E-state index in [0.717, 1.165) is 13.0 Å². The number of hydrogen-bond acceptors (Lipinski definition) is 2. The number of aliphatic imine (C=N–C) groups is 1. The van der Waals surface area contributed by atoms with Crippen LogP contribution in [0.1, 0.15) is 23.6 Å². The highest BCUT2D eigenvalue weighted by Crippen LogP contribution is 2.23. The van der Waals surface area contributed by atoms with Gasteiger partial charge in [-0.1, -0.05) is 25.1 Å². The highest BCUT2D eigenvalue weighted by atomic mass is 15.0. The maximum atomic E-state index is 4.13. The fraction of sp³-hybridized carbons (Fsp3) is 0.353. The largest absolute Gasteiger partial charge is 0.305 e. The van der Waals surface area contributed by atoms with E-state index in [9.17, 15) is 0 Å². The summed E-state index contributed by atoms with van der Waals surface area (Å²) in [6.07, 6.45) is 3.00. The third kappa shape index (κ3) is 3.21. The van der Waals surface area contributed by atoms with Gasteiger partial charge in [0.25, 0.3) is 0 Å². The Hall–Kier alpha value is -1.67. The zero-order chi connectivity index (χ0) is 13.8. The second-order valence-corrected chi connectivity index (χ2v) is 5.21. The van der Waals surface area contributed by atoms with E-state index in [4.69, 9.17) is 0 Å². The van der Waals surface area contributed by atoms with Crippen LogP contribution in [0.25, 0.3) is 10.8 Å². The minimum atomic E-state index is 0.953. The number of aryl methyl sites for hydroxylation is 1. The molecule has 2 rings (SSSR count). The van der Waals surface area contributed by atoms with Crippen molar-refractivity contribution in [2.45, 2.75) is 19.9 Å². The van der Waals surface area contributed by atoms with Gasteiger partial charge in [0.15, 0.2) is 0 Å². The molecule has 100 valence electrons. The van der Waals surface area contributed by atoms with Crippen molar-refractivity contribution in [1.82, 2.24) is 4.90 Å². The summed E-state index contributed by atoms with van der Waals surface area (Å²) in [5.74, 6) is 0. The molecule has 0 heterocycles. The Labute approximate surface area is 115 Å². The fourth-order valence-electron chi connectivity index (χ4n) is 2.42. The first-order chi connectivity index (χ1) is 9.13. The predicted molar refractivity (Wildman–Crippen MR) is 84.2 cm³/mol. The maximum Gasteiger partial charge on any atom is 0.0281 e. The Morgan fingerprint density at radius 1 is 1.16 bits per heavy atom. The predicted octanol–water partition coefficient (Wildman–Crippen LogP) is 3.51. The van der Waals surface area contributed by atoms with Gasteiger partial charge in [0, 0.05) is 19.8 Å². The third-order valence-corrected chi connectivity index (χ3v) is 3.30. The zero-order valence-electron chi connectivity index (χ0n) is 12.3. The highest BCUT2D eigenvalue weighted by molar-refractivity contribution is 5.93. The smallest absolute Gasteiger partial charge is 0.0281 e. The Bertz CT molecular complexity index is 597. The van der Waals surface area contributed by atoms with Crippen molar-refractivity contribution in [2.75, 3.05) is 21.1 Å². The second-order valence-electron chi connectivity index (χ2n) is 5.21. The van der Waals surface area contributed by atoms with Gasteiger partial charge in [0.2, 0.25) is 0 Å². The van der Waals surface area contributed by atoms with E-state index in [1.807, 2.05) is 13.3 Å². The second kappa shape index (κ2) is 5.98. The molecule has 0 saturated carbocycles. The van der Waals surface area contributed by atoms with E-state index in [0.29, 0.717) is 0 Å². The summed E-state index contributed by atoms with van der Waals surface area (Å²) in [6.45, 7) is 3.15. The van der Waals surface area contributed by atoms with Crippen LogP contribution in [0, 0.1) is 0 Å². The molecule has 2 aromatic carbocycles. The Morgan fingerprint density at radius 3 is 2.58 bits per heavy atom. The van der Waals surface area contributed by atoms with Crippen LogP contribution in [0.3, 0.4) is 0 Å². The topological polar surface area (TPSA) is 15.6 Å². The van der Waals surface area contributed by atoms with Crippen LogP contribution in [0.5, 0.6) is 0 Å². The number of hydrogen-bond donors (Lipinski definition) is 0. The van der Waals surface area contributed by atoms with Crippen molar-refractivity contribution in [1.29, 1.82) is 0 Å². The molecule has 0 fully saturated rings. The summed E-state index contributed by atoms with van der Waals surface area (Å²) in [4.78, 5) is 6.34. The normalized spacial score (nSPS) is 11.8. The molecule has 0 unspecified atom stereocenters. The standard InChI is InChI=1S/C17H22N2/c1-5-13-6-7-15-8-14(11-18-2)9-16(12-19(3)4)17(15)10-13/h6-11H,5,12H2,1-4H3/b18-11+. The lowest BCUT2D eigenvalue weighted by molar-refractivity contribution is 0.404. The summed E-state index contributed by atoms with van der Waals surface area (Å²) >= 11 is 0. The van der Waals surface area contributed by atoms with Crippen molar-refractivity contribution in [3.05, 3.63) is 47.0 Å². The van der Waals surface area contributed by atoms with Crippen LogP contribution < -0.4 is 0 Å². The fourth-order valence-corrected chi connectivity index (χ4v) is 2.42. The summed E-state index contributed by atoms with van der Waals surface area (Å²) in [5, 5.41) is 2.66. The molecule has 0 bridgehead atoms. The first-order valence-corrected chi connectivity index (χ1v) is 6.76. The molecule has 0 aromatic heterocycles. The molecule has 0 radical (unpaired) electrons. The molecule has 2 aromatic rings. The number of benzene rings is 2. The lowest BCUT2D eigenvalue weighted by Gasteiger charge is -2.14. The van der Waals surface area contributed by atoms with Gasteiger partial charge in [-0.2, -0.15) is 0 Å². The lowest BCUT2D eigenvalue weighted by atomic mass is 9.98. The van der Waals surface area contributed by atoms with E-state index in [1.54, 1.807) is 0 Å².